The molecule has 0 aromatic rings. The molecule has 16 heavy (non-hydrogen) atoms. The number of nitrogens with zero attached hydrogens (tertiary/aromatic N) is 2. The highest BCUT2D eigenvalue weighted by atomic mass is 32.1. The minimum Gasteiger partial charge on any atom is -0.383 e. The van der Waals surface area contributed by atoms with Crippen molar-refractivity contribution in [2.24, 2.45) is 5.92 Å². The van der Waals surface area contributed by atoms with Gasteiger partial charge in [0.15, 0.2) is 0 Å². The Labute approximate surface area is 106 Å². The molecule has 0 saturated carbocycles. The topological polar surface area (TPSA) is 15.7 Å². The van der Waals surface area contributed by atoms with Gasteiger partial charge >= 0.3 is 0 Å². The van der Waals surface area contributed by atoms with Crippen molar-refractivity contribution < 1.29 is 4.74 Å². The van der Waals surface area contributed by atoms with Crippen molar-refractivity contribution in [2.75, 3.05) is 39.9 Å². The molecule has 0 radical (unpaired) electrons. The molecule has 1 unspecified atom stereocenters. The van der Waals surface area contributed by atoms with E-state index in [1.807, 2.05) is 0 Å². The standard InChI is InChI=1S/C12H26N2OS/c1-5-6-13-9-11(12(2,3)16)10-14(13)7-8-15-4/h11,16H,5-10H2,1-4H3. The summed E-state index contributed by atoms with van der Waals surface area (Å²) in [5.74, 6) is 0.638. The van der Waals surface area contributed by atoms with Gasteiger partial charge in [-0.15, -0.1) is 0 Å². The third-order valence-corrected chi connectivity index (χ3v) is 3.66. The molecule has 0 aromatic carbocycles. The molecule has 1 atom stereocenters. The van der Waals surface area contributed by atoms with E-state index in [0.717, 1.165) is 32.8 Å². The average Bonchev–Trinajstić information content (AvgIpc) is 2.58. The summed E-state index contributed by atoms with van der Waals surface area (Å²) in [7, 11) is 1.76. The molecule has 0 bridgehead atoms. The van der Waals surface area contributed by atoms with Crippen LogP contribution in [0.3, 0.4) is 0 Å². The van der Waals surface area contributed by atoms with Crippen molar-refractivity contribution in [3.8, 4) is 0 Å². The van der Waals surface area contributed by atoms with Crippen LogP contribution < -0.4 is 0 Å². The van der Waals surface area contributed by atoms with Crippen molar-refractivity contribution in [1.29, 1.82) is 0 Å². The molecule has 1 heterocycles. The van der Waals surface area contributed by atoms with Gasteiger partial charge in [-0.25, -0.2) is 10.0 Å². The predicted octanol–water partition coefficient (Wildman–Crippen LogP) is 1.90. The molecule has 1 aliphatic heterocycles. The lowest BCUT2D eigenvalue weighted by Gasteiger charge is -2.26. The molecule has 1 saturated heterocycles. The quantitative estimate of drug-likeness (QED) is 0.721. The monoisotopic (exact) mass is 246 g/mol. The maximum atomic E-state index is 5.16. The molecule has 0 spiro atoms. The van der Waals surface area contributed by atoms with Crippen LogP contribution in [0.5, 0.6) is 0 Å². The van der Waals surface area contributed by atoms with Crippen LogP contribution in [0.15, 0.2) is 0 Å². The Kier molecular flexibility index (Phi) is 5.57. The van der Waals surface area contributed by atoms with Gasteiger partial charge < -0.3 is 4.74 Å². The first-order valence-electron chi connectivity index (χ1n) is 6.20. The molecule has 1 aliphatic rings. The van der Waals surface area contributed by atoms with E-state index < -0.39 is 0 Å². The maximum absolute atomic E-state index is 5.16. The van der Waals surface area contributed by atoms with Gasteiger partial charge in [-0.3, -0.25) is 0 Å². The van der Waals surface area contributed by atoms with Gasteiger partial charge in [0.2, 0.25) is 0 Å². The van der Waals surface area contributed by atoms with Gasteiger partial charge in [0.1, 0.15) is 0 Å². The lowest BCUT2D eigenvalue weighted by Crippen LogP contribution is -2.39. The van der Waals surface area contributed by atoms with Crippen LogP contribution >= 0.6 is 12.6 Å². The van der Waals surface area contributed by atoms with Crippen molar-refractivity contribution in [3.05, 3.63) is 0 Å². The van der Waals surface area contributed by atoms with Gasteiger partial charge in [-0.1, -0.05) is 20.8 Å². The Morgan fingerprint density at radius 1 is 1.25 bits per heavy atom. The van der Waals surface area contributed by atoms with Crippen molar-refractivity contribution in [2.45, 2.75) is 31.9 Å². The summed E-state index contributed by atoms with van der Waals surface area (Å²) in [6.07, 6.45) is 1.20. The van der Waals surface area contributed by atoms with E-state index in [0.29, 0.717) is 5.92 Å². The molecule has 0 N–H and O–H groups in total. The maximum Gasteiger partial charge on any atom is 0.0603 e. The van der Waals surface area contributed by atoms with Gasteiger partial charge in [0.05, 0.1) is 6.61 Å². The summed E-state index contributed by atoms with van der Waals surface area (Å²) in [5.41, 5.74) is 0. The second kappa shape index (κ2) is 6.24. The van der Waals surface area contributed by atoms with Gasteiger partial charge in [0.25, 0.3) is 0 Å². The zero-order chi connectivity index (χ0) is 12.2. The second-order valence-electron chi connectivity index (χ2n) is 5.17. The SMILES string of the molecule is CCCN1CC(C(C)(C)S)CN1CCOC. The molecule has 0 aliphatic carbocycles. The molecule has 1 fully saturated rings. The largest absolute Gasteiger partial charge is 0.383 e. The van der Waals surface area contributed by atoms with Crippen molar-refractivity contribution in [1.82, 2.24) is 10.0 Å². The number of rotatable bonds is 6. The van der Waals surface area contributed by atoms with E-state index in [4.69, 9.17) is 17.4 Å². The van der Waals surface area contributed by atoms with Crippen molar-refractivity contribution >= 4 is 12.6 Å². The summed E-state index contributed by atoms with van der Waals surface area (Å²) in [4.78, 5) is 0. The second-order valence-corrected chi connectivity index (χ2v) is 6.32. The smallest absolute Gasteiger partial charge is 0.0603 e. The fraction of sp³-hybridized carbons (Fsp3) is 1.00. The Balaban J connectivity index is 2.53. The first-order valence-corrected chi connectivity index (χ1v) is 6.64. The van der Waals surface area contributed by atoms with E-state index in [1.54, 1.807) is 7.11 Å². The van der Waals surface area contributed by atoms with Crippen LogP contribution in [-0.2, 0) is 4.74 Å². The molecule has 3 nitrogen and oxygen atoms in total. The van der Waals surface area contributed by atoms with Gasteiger partial charge in [-0.2, -0.15) is 12.6 Å². The fourth-order valence-corrected chi connectivity index (χ4v) is 2.33. The first-order chi connectivity index (χ1) is 7.49. The van der Waals surface area contributed by atoms with Crippen LogP contribution in [0.1, 0.15) is 27.2 Å². The van der Waals surface area contributed by atoms with Crippen LogP contribution in [0, 0.1) is 5.92 Å². The highest BCUT2D eigenvalue weighted by molar-refractivity contribution is 7.81. The molecule has 0 aromatic heterocycles. The number of ether oxygens (including phenoxy) is 1. The van der Waals surface area contributed by atoms with E-state index in [-0.39, 0.29) is 4.75 Å². The van der Waals surface area contributed by atoms with Crippen LogP contribution in [0.4, 0.5) is 0 Å². The Morgan fingerprint density at radius 2 is 1.81 bits per heavy atom. The van der Waals surface area contributed by atoms with Crippen LogP contribution in [0.2, 0.25) is 0 Å². The summed E-state index contributed by atoms with van der Waals surface area (Å²) in [6.45, 7) is 11.8. The van der Waals surface area contributed by atoms with E-state index >= 15 is 0 Å². The molecule has 0 amide bonds. The highest BCUT2D eigenvalue weighted by Gasteiger charge is 2.36. The van der Waals surface area contributed by atoms with Gasteiger partial charge in [0, 0.05) is 44.0 Å². The highest BCUT2D eigenvalue weighted by Crippen LogP contribution is 2.30. The fourth-order valence-electron chi connectivity index (χ4n) is 2.16. The molecular weight excluding hydrogens is 220 g/mol. The summed E-state index contributed by atoms with van der Waals surface area (Å²) in [5, 5.41) is 4.89. The van der Waals surface area contributed by atoms with E-state index in [1.165, 1.54) is 6.42 Å². The minimum atomic E-state index is 0.105. The Bertz CT molecular complexity index is 206. The van der Waals surface area contributed by atoms with E-state index in [2.05, 4.69) is 30.8 Å². The molecule has 1 rings (SSSR count). The normalized spacial score (nSPS) is 24.2. The summed E-state index contributed by atoms with van der Waals surface area (Å²) in [6, 6.07) is 0. The minimum absolute atomic E-state index is 0.105. The molecular formula is C12H26N2OS. The Hall–Kier alpha value is 0.230. The molecule has 4 heteroatoms. The first kappa shape index (κ1) is 14.3. The summed E-state index contributed by atoms with van der Waals surface area (Å²) < 4.78 is 5.27. The summed E-state index contributed by atoms with van der Waals surface area (Å²) >= 11 is 4.71. The lowest BCUT2D eigenvalue weighted by atomic mass is 9.96. The predicted molar refractivity (Wildman–Crippen MR) is 71.9 cm³/mol. The number of methoxy groups -OCH3 is 1. The number of thiol groups is 1. The van der Waals surface area contributed by atoms with Crippen LogP contribution in [0.25, 0.3) is 0 Å². The average molecular weight is 246 g/mol. The zero-order valence-electron chi connectivity index (χ0n) is 11.1. The number of hydrogen-bond acceptors (Lipinski definition) is 4. The van der Waals surface area contributed by atoms with Crippen LogP contribution in [-0.4, -0.2) is 54.7 Å². The molecule has 96 valence electrons. The third-order valence-electron chi connectivity index (χ3n) is 3.30. The van der Waals surface area contributed by atoms with Gasteiger partial charge in [-0.05, 0) is 6.42 Å². The number of hydrogen-bond donors (Lipinski definition) is 1. The number of hydrazine groups is 1. The zero-order valence-corrected chi connectivity index (χ0v) is 12.0. The van der Waals surface area contributed by atoms with Crippen molar-refractivity contribution in [3.63, 3.8) is 0 Å². The van der Waals surface area contributed by atoms with E-state index in [9.17, 15) is 0 Å². The lowest BCUT2D eigenvalue weighted by molar-refractivity contribution is 0.00635. The Morgan fingerprint density at radius 3 is 2.25 bits per heavy atom. The third kappa shape index (κ3) is 3.91.